The molecule has 26 heavy (non-hydrogen) atoms. The molecule has 0 bridgehead atoms. The monoisotopic (exact) mass is 349 g/mol. The van der Waals surface area contributed by atoms with Gasteiger partial charge in [0, 0.05) is 0 Å². The minimum Gasteiger partial charge on any atom is -0.472 e. The predicted molar refractivity (Wildman–Crippen MR) is 94.6 cm³/mol. The van der Waals surface area contributed by atoms with E-state index in [2.05, 4.69) is 0 Å². The molecule has 2 atom stereocenters. The molecule has 0 aliphatic carbocycles. The van der Waals surface area contributed by atoms with Crippen molar-refractivity contribution in [1.29, 1.82) is 0 Å². The molecule has 1 amide bonds. The first-order valence-electron chi connectivity index (χ1n) is 8.65. The van der Waals surface area contributed by atoms with Crippen molar-refractivity contribution in [3.63, 3.8) is 0 Å². The molecule has 0 N–H and O–H groups in total. The van der Waals surface area contributed by atoms with E-state index in [9.17, 15) is 9.59 Å². The van der Waals surface area contributed by atoms with Gasteiger partial charge in [0.05, 0.1) is 6.42 Å². The number of esters is 1. The quantitative estimate of drug-likeness (QED) is 0.615. The van der Waals surface area contributed by atoms with E-state index in [1.807, 2.05) is 66.7 Å². The number of fused-ring (bicyclic) bond motifs is 1. The predicted octanol–water partition coefficient (Wildman–Crippen LogP) is 2.81. The molecule has 2 aliphatic rings. The van der Waals surface area contributed by atoms with Gasteiger partial charge in [-0.1, -0.05) is 60.7 Å². The average molecular weight is 349 g/mol. The van der Waals surface area contributed by atoms with Gasteiger partial charge >= 0.3 is 5.97 Å². The Labute approximate surface area is 151 Å². The maximum absolute atomic E-state index is 12.6. The van der Waals surface area contributed by atoms with Crippen molar-refractivity contribution in [2.75, 3.05) is 0 Å². The fraction of sp³-hybridized carbons (Fsp3) is 0.238. The van der Waals surface area contributed by atoms with Gasteiger partial charge in [-0.15, -0.1) is 0 Å². The zero-order chi connectivity index (χ0) is 17.9. The second-order valence-electron chi connectivity index (χ2n) is 6.37. The highest BCUT2D eigenvalue weighted by Crippen LogP contribution is 2.37. The highest BCUT2D eigenvalue weighted by atomic mass is 16.6. The third kappa shape index (κ3) is 3.20. The summed E-state index contributed by atoms with van der Waals surface area (Å²) in [7, 11) is 0. The van der Waals surface area contributed by atoms with Crippen LogP contribution in [0.2, 0.25) is 0 Å². The van der Waals surface area contributed by atoms with Crippen LogP contribution in [0.4, 0.5) is 0 Å². The molecule has 0 radical (unpaired) electrons. The van der Waals surface area contributed by atoms with Crippen LogP contribution in [0.1, 0.15) is 17.5 Å². The van der Waals surface area contributed by atoms with E-state index in [0.717, 1.165) is 11.1 Å². The highest BCUT2D eigenvalue weighted by Gasteiger charge is 2.54. The normalized spacial score (nSPS) is 22.5. The van der Waals surface area contributed by atoms with Crippen LogP contribution < -0.4 is 0 Å². The van der Waals surface area contributed by atoms with Gasteiger partial charge in [0.1, 0.15) is 12.4 Å². The van der Waals surface area contributed by atoms with Crippen molar-refractivity contribution in [2.24, 2.45) is 0 Å². The summed E-state index contributed by atoms with van der Waals surface area (Å²) >= 11 is 0. The van der Waals surface area contributed by atoms with Gasteiger partial charge in [-0.2, -0.15) is 0 Å². The van der Waals surface area contributed by atoms with E-state index in [1.165, 1.54) is 4.90 Å². The fourth-order valence-corrected chi connectivity index (χ4v) is 3.20. The maximum Gasteiger partial charge on any atom is 0.337 e. The van der Waals surface area contributed by atoms with Gasteiger partial charge < -0.3 is 9.47 Å². The zero-order valence-corrected chi connectivity index (χ0v) is 14.2. The number of nitrogens with zero attached hydrogens (tertiary/aromatic N) is 1. The zero-order valence-electron chi connectivity index (χ0n) is 14.2. The van der Waals surface area contributed by atoms with E-state index in [1.54, 1.807) is 0 Å². The third-order valence-electron chi connectivity index (χ3n) is 4.60. The van der Waals surface area contributed by atoms with Gasteiger partial charge in [0.25, 0.3) is 0 Å². The van der Waals surface area contributed by atoms with Crippen LogP contribution >= 0.6 is 0 Å². The van der Waals surface area contributed by atoms with Crippen LogP contribution in [0.3, 0.4) is 0 Å². The van der Waals surface area contributed by atoms with Crippen molar-refractivity contribution in [2.45, 2.75) is 31.7 Å². The van der Waals surface area contributed by atoms with Crippen molar-refractivity contribution in [1.82, 2.24) is 4.90 Å². The molecule has 2 saturated heterocycles. The molecule has 2 heterocycles. The summed E-state index contributed by atoms with van der Waals surface area (Å²) in [6, 6.07) is 18.6. The van der Waals surface area contributed by atoms with E-state index in [-0.39, 0.29) is 18.7 Å². The lowest BCUT2D eigenvalue weighted by Gasteiger charge is -2.33. The Bertz CT molecular complexity index is 832. The molecule has 2 unspecified atom stereocenters. The largest absolute Gasteiger partial charge is 0.472 e. The first-order chi connectivity index (χ1) is 12.7. The van der Waals surface area contributed by atoms with Crippen LogP contribution in [0.5, 0.6) is 0 Å². The van der Waals surface area contributed by atoms with Crippen LogP contribution in [0.15, 0.2) is 72.5 Å². The molecule has 5 heteroatoms. The van der Waals surface area contributed by atoms with Gasteiger partial charge in [0.2, 0.25) is 5.91 Å². The number of β-lactam (4-membered cyclic amide) rings is 1. The first kappa shape index (κ1) is 16.4. The molecule has 132 valence electrons. The summed E-state index contributed by atoms with van der Waals surface area (Å²) in [4.78, 5) is 26.0. The van der Waals surface area contributed by atoms with Gasteiger partial charge in [-0.3, -0.25) is 9.69 Å². The molecular weight excluding hydrogens is 330 g/mol. The minimum atomic E-state index is -0.784. The maximum atomic E-state index is 12.6. The molecule has 0 spiro atoms. The van der Waals surface area contributed by atoms with Crippen LogP contribution in [-0.2, 0) is 32.1 Å². The number of allylic oxidation sites excluding steroid dienone is 1. The topological polar surface area (TPSA) is 55.8 Å². The summed E-state index contributed by atoms with van der Waals surface area (Å²) < 4.78 is 11.2. The number of carbonyl (C=O) groups is 2. The fourth-order valence-electron chi connectivity index (χ4n) is 3.20. The van der Waals surface area contributed by atoms with E-state index >= 15 is 0 Å². The SMILES string of the molecule is O=C(OCc1ccccc1)C1/C(=C/Cc2ccccc2)OC2CC(=O)N21. The van der Waals surface area contributed by atoms with Gasteiger partial charge in [-0.25, -0.2) is 4.79 Å². The Hall–Kier alpha value is -3.08. The summed E-state index contributed by atoms with van der Waals surface area (Å²) in [6.07, 6.45) is 2.47. The van der Waals surface area contributed by atoms with Crippen LogP contribution in [-0.4, -0.2) is 29.0 Å². The molecule has 0 saturated carbocycles. The van der Waals surface area contributed by atoms with Crippen LogP contribution in [0.25, 0.3) is 0 Å². The Morgan fingerprint density at radius 2 is 1.73 bits per heavy atom. The molecule has 2 aliphatic heterocycles. The molecule has 2 aromatic carbocycles. The van der Waals surface area contributed by atoms with Crippen molar-refractivity contribution >= 4 is 11.9 Å². The van der Waals surface area contributed by atoms with Crippen LogP contribution in [0, 0.1) is 0 Å². The minimum absolute atomic E-state index is 0.0835. The first-order valence-corrected chi connectivity index (χ1v) is 8.65. The molecule has 0 aromatic heterocycles. The number of hydrogen-bond acceptors (Lipinski definition) is 4. The highest BCUT2D eigenvalue weighted by molar-refractivity contribution is 5.91. The lowest BCUT2D eigenvalue weighted by molar-refractivity contribution is -0.166. The van der Waals surface area contributed by atoms with Gasteiger partial charge in [0.15, 0.2) is 12.3 Å². The summed E-state index contributed by atoms with van der Waals surface area (Å²) in [5, 5.41) is 0. The molecule has 2 aromatic rings. The van der Waals surface area contributed by atoms with Crippen molar-refractivity contribution in [3.8, 4) is 0 Å². The van der Waals surface area contributed by atoms with Crippen molar-refractivity contribution in [3.05, 3.63) is 83.6 Å². The summed E-state index contributed by atoms with van der Waals surface area (Å²) in [6.45, 7) is 0.175. The number of rotatable bonds is 5. The lowest BCUT2D eigenvalue weighted by atomic mass is 10.1. The van der Waals surface area contributed by atoms with E-state index in [0.29, 0.717) is 18.6 Å². The lowest BCUT2D eigenvalue weighted by Crippen LogP contribution is -2.55. The average Bonchev–Trinajstić information content (AvgIpc) is 2.98. The number of benzene rings is 2. The molecule has 5 nitrogen and oxygen atoms in total. The summed E-state index contributed by atoms with van der Waals surface area (Å²) in [5.41, 5.74) is 2.02. The number of hydrogen-bond donors (Lipinski definition) is 0. The number of amides is 1. The smallest absolute Gasteiger partial charge is 0.337 e. The molecular formula is C21H19NO4. The molecule has 2 fully saturated rings. The van der Waals surface area contributed by atoms with E-state index in [4.69, 9.17) is 9.47 Å². The second kappa shape index (κ2) is 7.04. The Morgan fingerprint density at radius 3 is 2.38 bits per heavy atom. The second-order valence-corrected chi connectivity index (χ2v) is 6.37. The van der Waals surface area contributed by atoms with E-state index < -0.39 is 12.0 Å². The Balaban J connectivity index is 1.48. The third-order valence-corrected chi connectivity index (χ3v) is 4.60. The Morgan fingerprint density at radius 1 is 1.08 bits per heavy atom. The summed E-state index contributed by atoms with van der Waals surface area (Å²) in [5.74, 6) is -0.0359. The number of ether oxygens (including phenoxy) is 2. The molecule has 4 rings (SSSR count). The standard InChI is InChI=1S/C21H19NO4/c23-18-13-19-22(18)20(21(24)25-14-16-9-5-2-6-10-16)17(26-19)12-11-15-7-3-1-4-8-15/h1-10,12,19-20H,11,13-14H2/b17-12-. The number of carbonyl (C=O) groups excluding carboxylic acids is 2. The Kier molecular flexibility index (Phi) is 4.44. The van der Waals surface area contributed by atoms with Gasteiger partial charge in [-0.05, 0) is 23.6 Å². The van der Waals surface area contributed by atoms with Crippen molar-refractivity contribution < 1.29 is 19.1 Å².